The van der Waals surface area contributed by atoms with E-state index in [1.165, 1.54) is 6.07 Å². The molecule has 0 aliphatic rings. The molecule has 0 bridgehead atoms. The first-order valence-corrected chi connectivity index (χ1v) is 3.78. The van der Waals surface area contributed by atoms with Gasteiger partial charge in [-0.1, -0.05) is 0 Å². The maximum Gasteiger partial charge on any atom is 0.416 e. The number of hydrogen-bond donors (Lipinski definition) is 1. The summed E-state index contributed by atoms with van der Waals surface area (Å²) in [5, 5.41) is 11.2. The molecule has 0 aromatic heterocycles. The van der Waals surface area contributed by atoms with Gasteiger partial charge in [0.05, 0.1) is 16.8 Å². The topological polar surface area (TPSA) is 35.8 Å². The molecule has 0 spiro atoms. The molecule has 2 nitrogen and oxygen atoms in total. The fourth-order valence-corrected chi connectivity index (χ4v) is 1.03. The first kappa shape index (κ1) is 10.4. The molecule has 0 atom stereocenters. The number of halogens is 3. The normalized spacial score (nSPS) is 10.8. The second-order valence-corrected chi connectivity index (χ2v) is 2.62. The highest BCUT2D eigenvalue weighted by atomic mass is 19.4. The number of hydrogen-bond acceptors (Lipinski definition) is 2. The molecular formula is C9H7F3N2. The highest BCUT2D eigenvalue weighted by molar-refractivity contribution is 5.58. The van der Waals surface area contributed by atoms with Crippen LogP contribution in [-0.2, 0) is 6.18 Å². The summed E-state index contributed by atoms with van der Waals surface area (Å²) in [6.45, 7) is 0. The van der Waals surface area contributed by atoms with Crippen LogP contribution in [0.4, 0.5) is 18.9 Å². The molecule has 5 heteroatoms. The van der Waals surface area contributed by atoms with Gasteiger partial charge in [0.15, 0.2) is 0 Å². The molecule has 0 amide bonds. The summed E-state index contributed by atoms with van der Waals surface area (Å²) in [6, 6.07) is 4.70. The highest BCUT2D eigenvalue weighted by Gasteiger charge is 2.30. The fraction of sp³-hybridized carbons (Fsp3) is 0.222. The first-order chi connectivity index (χ1) is 6.49. The molecule has 0 unspecified atom stereocenters. The van der Waals surface area contributed by atoms with Gasteiger partial charge in [-0.25, -0.2) is 0 Å². The molecule has 0 heterocycles. The van der Waals surface area contributed by atoms with Crippen molar-refractivity contribution >= 4 is 5.69 Å². The summed E-state index contributed by atoms with van der Waals surface area (Å²) in [6.07, 6.45) is -4.40. The lowest BCUT2D eigenvalue weighted by Crippen LogP contribution is -2.06. The van der Waals surface area contributed by atoms with Crippen LogP contribution in [-0.4, -0.2) is 7.05 Å². The summed E-state index contributed by atoms with van der Waals surface area (Å²) < 4.78 is 36.6. The Kier molecular flexibility index (Phi) is 2.65. The second kappa shape index (κ2) is 3.58. The van der Waals surface area contributed by atoms with Gasteiger partial charge >= 0.3 is 6.18 Å². The molecule has 1 N–H and O–H groups in total. The minimum absolute atomic E-state index is 0.0117. The second-order valence-electron chi connectivity index (χ2n) is 2.62. The molecular weight excluding hydrogens is 193 g/mol. The van der Waals surface area contributed by atoms with Crippen molar-refractivity contribution in [1.29, 1.82) is 5.26 Å². The average molecular weight is 200 g/mol. The van der Waals surface area contributed by atoms with Gasteiger partial charge < -0.3 is 5.32 Å². The monoisotopic (exact) mass is 200 g/mol. The van der Waals surface area contributed by atoms with Gasteiger partial charge in [0.25, 0.3) is 0 Å². The number of nitriles is 1. The third-order valence-corrected chi connectivity index (χ3v) is 1.74. The summed E-state index contributed by atoms with van der Waals surface area (Å²) in [4.78, 5) is 0. The Hall–Kier alpha value is -1.70. The van der Waals surface area contributed by atoms with Crippen LogP contribution in [0.15, 0.2) is 18.2 Å². The number of nitrogens with one attached hydrogen (secondary N) is 1. The van der Waals surface area contributed by atoms with Gasteiger partial charge in [-0.3, -0.25) is 0 Å². The third kappa shape index (κ3) is 1.96. The number of alkyl halides is 3. The van der Waals surface area contributed by atoms with E-state index in [-0.39, 0.29) is 5.56 Å². The van der Waals surface area contributed by atoms with E-state index >= 15 is 0 Å². The number of rotatable bonds is 1. The molecule has 1 rings (SSSR count). The average Bonchev–Trinajstić information content (AvgIpc) is 2.15. The number of benzene rings is 1. The number of anilines is 1. The highest BCUT2D eigenvalue weighted by Crippen LogP contribution is 2.31. The van der Waals surface area contributed by atoms with Gasteiger partial charge in [-0.15, -0.1) is 0 Å². The van der Waals surface area contributed by atoms with Crippen molar-refractivity contribution in [3.8, 4) is 6.07 Å². The first-order valence-electron chi connectivity index (χ1n) is 3.78. The molecule has 74 valence electrons. The Bertz CT molecular complexity index is 377. The van der Waals surface area contributed by atoms with E-state index in [1.54, 1.807) is 13.1 Å². The van der Waals surface area contributed by atoms with Crippen LogP contribution >= 0.6 is 0 Å². The van der Waals surface area contributed by atoms with Gasteiger partial charge in [0.2, 0.25) is 0 Å². The molecule has 0 saturated heterocycles. The van der Waals surface area contributed by atoms with Gasteiger partial charge in [-0.2, -0.15) is 18.4 Å². The summed E-state index contributed by atoms with van der Waals surface area (Å²) in [5.74, 6) is 0. The molecule has 1 aromatic carbocycles. The van der Waals surface area contributed by atoms with E-state index in [4.69, 9.17) is 5.26 Å². The lowest BCUT2D eigenvalue weighted by atomic mass is 10.1. The maximum absolute atomic E-state index is 12.2. The van der Waals surface area contributed by atoms with Crippen molar-refractivity contribution in [2.45, 2.75) is 6.18 Å². The minimum Gasteiger partial charge on any atom is -0.387 e. The summed E-state index contributed by atoms with van der Waals surface area (Å²) >= 11 is 0. The molecule has 0 fully saturated rings. The predicted molar refractivity (Wildman–Crippen MR) is 45.7 cm³/mol. The van der Waals surface area contributed by atoms with E-state index < -0.39 is 11.7 Å². The zero-order valence-electron chi connectivity index (χ0n) is 7.31. The van der Waals surface area contributed by atoms with E-state index in [9.17, 15) is 13.2 Å². The minimum atomic E-state index is -4.40. The fourth-order valence-electron chi connectivity index (χ4n) is 1.03. The Morgan fingerprint density at radius 1 is 1.36 bits per heavy atom. The van der Waals surface area contributed by atoms with Crippen LogP contribution in [0.2, 0.25) is 0 Å². The lowest BCUT2D eigenvalue weighted by Gasteiger charge is -2.08. The summed E-state index contributed by atoms with van der Waals surface area (Å²) in [5.41, 5.74) is -0.434. The molecule has 0 saturated carbocycles. The van der Waals surface area contributed by atoms with Crippen molar-refractivity contribution in [1.82, 2.24) is 0 Å². The van der Waals surface area contributed by atoms with Crippen molar-refractivity contribution < 1.29 is 13.2 Å². The van der Waals surface area contributed by atoms with Crippen molar-refractivity contribution in [3.63, 3.8) is 0 Å². The van der Waals surface area contributed by atoms with Crippen LogP contribution < -0.4 is 5.32 Å². The molecule has 1 aromatic rings. The quantitative estimate of drug-likeness (QED) is 0.756. The van der Waals surface area contributed by atoms with Gasteiger partial charge in [-0.05, 0) is 18.2 Å². The predicted octanol–water partition coefficient (Wildman–Crippen LogP) is 2.62. The van der Waals surface area contributed by atoms with Crippen LogP contribution in [0.5, 0.6) is 0 Å². The van der Waals surface area contributed by atoms with Gasteiger partial charge in [0.1, 0.15) is 6.07 Å². The molecule has 14 heavy (non-hydrogen) atoms. The zero-order valence-corrected chi connectivity index (χ0v) is 7.31. The van der Waals surface area contributed by atoms with Crippen LogP contribution in [0.3, 0.4) is 0 Å². The molecule has 0 radical (unpaired) electrons. The maximum atomic E-state index is 12.2. The molecule has 0 aliphatic carbocycles. The van der Waals surface area contributed by atoms with Crippen molar-refractivity contribution in [3.05, 3.63) is 29.3 Å². The smallest absolute Gasteiger partial charge is 0.387 e. The van der Waals surface area contributed by atoms with E-state index in [0.29, 0.717) is 5.69 Å². The third-order valence-electron chi connectivity index (χ3n) is 1.74. The number of nitrogens with zero attached hydrogens (tertiary/aromatic N) is 1. The summed E-state index contributed by atoms with van der Waals surface area (Å²) in [7, 11) is 1.55. The van der Waals surface area contributed by atoms with Crippen LogP contribution in [0.25, 0.3) is 0 Å². The Labute approximate surface area is 79.0 Å². The van der Waals surface area contributed by atoms with Gasteiger partial charge in [0, 0.05) is 7.05 Å². The van der Waals surface area contributed by atoms with E-state index in [2.05, 4.69) is 5.32 Å². The lowest BCUT2D eigenvalue weighted by molar-refractivity contribution is -0.137. The van der Waals surface area contributed by atoms with E-state index in [0.717, 1.165) is 12.1 Å². The standard InChI is InChI=1S/C9H7F3N2/c1-14-8-3-2-7(9(10,11)12)4-6(8)5-13/h2-4,14H,1H3. The van der Waals surface area contributed by atoms with Crippen LogP contribution in [0.1, 0.15) is 11.1 Å². The largest absolute Gasteiger partial charge is 0.416 e. The Morgan fingerprint density at radius 3 is 2.43 bits per heavy atom. The SMILES string of the molecule is CNc1ccc(C(F)(F)F)cc1C#N. The van der Waals surface area contributed by atoms with Crippen molar-refractivity contribution in [2.75, 3.05) is 12.4 Å². The zero-order chi connectivity index (χ0) is 10.8. The Morgan fingerprint density at radius 2 is 2.00 bits per heavy atom. The molecule has 0 aliphatic heterocycles. The Balaban J connectivity index is 3.23. The van der Waals surface area contributed by atoms with Crippen molar-refractivity contribution in [2.24, 2.45) is 0 Å². The van der Waals surface area contributed by atoms with Crippen LogP contribution in [0, 0.1) is 11.3 Å². The van der Waals surface area contributed by atoms with E-state index in [1.807, 2.05) is 0 Å².